The van der Waals surface area contributed by atoms with E-state index in [0.29, 0.717) is 10.7 Å². The van der Waals surface area contributed by atoms with Crippen molar-refractivity contribution >= 4 is 39.8 Å². The number of benzene rings is 2. The second kappa shape index (κ2) is 7.86. The lowest BCUT2D eigenvalue weighted by atomic mass is 10.1. The minimum Gasteiger partial charge on any atom is -0.459 e. The number of esters is 1. The highest BCUT2D eigenvalue weighted by molar-refractivity contribution is 7.13. The number of thiazole rings is 1. The molecule has 0 N–H and O–H groups in total. The molecule has 27 heavy (non-hydrogen) atoms. The monoisotopic (exact) mass is 394 g/mol. The summed E-state index contributed by atoms with van der Waals surface area (Å²) in [6.45, 7) is 0.137. The van der Waals surface area contributed by atoms with Gasteiger partial charge in [-0.15, -0.1) is 11.3 Å². The number of carbonyl (C=O) groups is 1. The lowest BCUT2D eigenvalue weighted by molar-refractivity contribution is -0.144. The maximum absolute atomic E-state index is 12.3. The summed E-state index contributed by atoms with van der Waals surface area (Å²) in [5, 5.41) is 4.35. The summed E-state index contributed by atoms with van der Waals surface area (Å²) in [6, 6.07) is 17.2. The Hall–Kier alpha value is -2.76. The maximum atomic E-state index is 12.3. The number of ether oxygens (including phenoxy) is 1. The van der Waals surface area contributed by atoms with Gasteiger partial charge in [-0.3, -0.25) is 9.78 Å². The van der Waals surface area contributed by atoms with Crippen molar-refractivity contribution in [3.05, 3.63) is 82.5 Å². The van der Waals surface area contributed by atoms with Gasteiger partial charge in [0.1, 0.15) is 11.6 Å². The second-order valence-electron chi connectivity index (χ2n) is 5.95. The number of halogens is 1. The summed E-state index contributed by atoms with van der Waals surface area (Å²) in [7, 11) is 0. The van der Waals surface area contributed by atoms with E-state index in [2.05, 4.69) is 9.97 Å². The lowest BCUT2D eigenvalue weighted by Gasteiger charge is -2.06. The van der Waals surface area contributed by atoms with Gasteiger partial charge in [0.05, 0.1) is 22.7 Å². The molecule has 0 amide bonds. The maximum Gasteiger partial charge on any atom is 0.310 e. The van der Waals surface area contributed by atoms with Crippen molar-refractivity contribution in [3.8, 4) is 10.6 Å². The molecule has 6 heteroatoms. The van der Waals surface area contributed by atoms with Crippen LogP contribution in [0.2, 0.25) is 5.02 Å². The van der Waals surface area contributed by atoms with Crippen LogP contribution >= 0.6 is 22.9 Å². The molecule has 4 rings (SSSR count). The molecular formula is C21H15ClN2O2S. The molecule has 0 saturated heterocycles. The average Bonchev–Trinajstić information content (AvgIpc) is 3.16. The highest BCUT2D eigenvalue weighted by Crippen LogP contribution is 2.30. The predicted octanol–water partition coefficient (Wildman–Crippen LogP) is 5.30. The molecule has 0 aliphatic carbocycles. The Bertz CT molecular complexity index is 1100. The highest BCUT2D eigenvalue weighted by Gasteiger charge is 2.12. The first-order valence-corrected chi connectivity index (χ1v) is 9.64. The number of carbonyl (C=O) groups excluding carboxylic acids is 1. The molecule has 2 heterocycles. The smallest absolute Gasteiger partial charge is 0.310 e. The van der Waals surface area contributed by atoms with Crippen molar-refractivity contribution < 1.29 is 9.53 Å². The number of hydrogen-bond donors (Lipinski definition) is 0. The fourth-order valence-electron chi connectivity index (χ4n) is 2.80. The van der Waals surface area contributed by atoms with Gasteiger partial charge < -0.3 is 4.74 Å². The fourth-order valence-corrected chi connectivity index (χ4v) is 3.93. The molecule has 4 nitrogen and oxygen atoms in total. The topological polar surface area (TPSA) is 52.1 Å². The van der Waals surface area contributed by atoms with Gasteiger partial charge in [-0.1, -0.05) is 54.1 Å². The minimum atomic E-state index is -0.305. The Balaban J connectivity index is 1.42. The van der Waals surface area contributed by atoms with Crippen LogP contribution in [0, 0.1) is 0 Å². The van der Waals surface area contributed by atoms with E-state index in [4.69, 9.17) is 16.3 Å². The number of rotatable bonds is 5. The predicted molar refractivity (Wildman–Crippen MR) is 108 cm³/mol. The Labute approximate surface area is 165 Å². The molecule has 0 atom stereocenters. The van der Waals surface area contributed by atoms with Crippen LogP contribution in [0.5, 0.6) is 0 Å². The Kier molecular flexibility index (Phi) is 5.14. The van der Waals surface area contributed by atoms with Crippen LogP contribution in [0.15, 0.2) is 66.2 Å². The molecule has 0 unspecified atom stereocenters. The minimum absolute atomic E-state index is 0.137. The van der Waals surface area contributed by atoms with Crippen molar-refractivity contribution in [2.75, 3.05) is 0 Å². The zero-order valence-corrected chi connectivity index (χ0v) is 15.8. The van der Waals surface area contributed by atoms with Crippen LogP contribution < -0.4 is 0 Å². The van der Waals surface area contributed by atoms with Crippen molar-refractivity contribution in [3.63, 3.8) is 0 Å². The summed E-state index contributed by atoms with van der Waals surface area (Å²) >= 11 is 7.69. The molecule has 0 saturated carbocycles. The van der Waals surface area contributed by atoms with Crippen molar-refractivity contribution in [1.82, 2.24) is 9.97 Å². The number of nitrogens with zero attached hydrogens (tertiary/aromatic N) is 2. The summed E-state index contributed by atoms with van der Waals surface area (Å²) in [6.07, 6.45) is 1.90. The van der Waals surface area contributed by atoms with E-state index >= 15 is 0 Å². The molecule has 134 valence electrons. The van der Waals surface area contributed by atoms with Crippen molar-refractivity contribution in [1.29, 1.82) is 0 Å². The van der Waals surface area contributed by atoms with Gasteiger partial charge in [0.2, 0.25) is 0 Å². The summed E-state index contributed by atoms with van der Waals surface area (Å²) in [4.78, 5) is 21.1. The van der Waals surface area contributed by atoms with Crippen molar-refractivity contribution in [2.45, 2.75) is 13.0 Å². The quantitative estimate of drug-likeness (QED) is 0.431. The third kappa shape index (κ3) is 3.99. The van der Waals surface area contributed by atoms with E-state index in [1.54, 1.807) is 6.20 Å². The number of para-hydroxylation sites is 1. The second-order valence-corrected chi connectivity index (χ2v) is 7.22. The van der Waals surface area contributed by atoms with E-state index in [1.807, 2.05) is 60.0 Å². The van der Waals surface area contributed by atoms with Gasteiger partial charge >= 0.3 is 5.97 Å². The number of aromatic nitrogens is 2. The molecule has 2 aromatic carbocycles. The zero-order valence-electron chi connectivity index (χ0n) is 14.3. The van der Waals surface area contributed by atoms with Gasteiger partial charge in [0.25, 0.3) is 0 Å². The first kappa shape index (κ1) is 17.6. The largest absolute Gasteiger partial charge is 0.459 e. The van der Waals surface area contributed by atoms with E-state index in [9.17, 15) is 4.79 Å². The summed E-state index contributed by atoms with van der Waals surface area (Å²) in [5.74, 6) is -0.305. The molecule has 0 bridgehead atoms. The zero-order chi connectivity index (χ0) is 18.6. The average molecular weight is 395 g/mol. The van der Waals surface area contributed by atoms with Gasteiger partial charge in [-0.2, -0.15) is 0 Å². The molecule has 0 spiro atoms. The standard InChI is InChI=1S/C21H15ClN2O2S/c22-18-9-2-1-8-17(18)21-24-16(13-27-21)12-26-19(25)11-15-6-3-5-14-7-4-10-23-20(14)15/h1-10,13H,11-12H2. The molecule has 2 aromatic heterocycles. The molecule has 0 aliphatic heterocycles. The van der Waals surface area contributed by atoms with Gasteiger partial charge in [0, 0.05) is 22.5 Å². The Morgan fingerprint density at radius 1 is 1.07 bits per heavy atom. The molecular weight excluding hydrogens is 380 g/mol. The van der Waals surface area contributed by atoms with E-state index in [1.165, 1.54) is 11.3 Å². The summed E-state index contributed by atoms with van der Waals surface area (Å²) in [5.41, 5.74) is 3.27. The summed E-state index contributed by atoms with van der Waals surface area (Å²) < 4.78 is 5.40. The fraction of sp³-hybridized carbons (Fsp3) is 0.0952. The highest BCUT2D eigenvalue weighted by atomic mass is 35.5. The molecule has 0 aliphatic rings. The molecule has 0 fully saturated rings. The third-order valence-electron chi connectivity index (χ3n) is 4.09. The van der Waals surface area contributed by atoms with Crippen LogP contribution in [0.4, 0.5) is 0 Å². The van der Waals surface area contributed by atoms with E-state index < -0.39 is 0 Å². The Morgan fingerprint density at radius 2 is 1.93 bits per heavy atom. The van der Waals surface area contributed by atoms with Gasteiger partial charge in [-0.05, 0) is 17.7 Å². The van der Waals surface area contributed by atoms with Gasteiger partial charge in [0.15, 0.2) is 0 Å². The number of fused-ring (bicyclic) bond motifs is 1. The lowest BCUT2D eigenvalue weighted by Crippen LogP contribution is -2.08. The Morgan fingerprint density at radius 3 is 2.81 bits per heavy atom. The van der Waals surface area contributed by atoms with Crippen LogP contribution in [-0.2, 0) is 22.6 Å². The first-order chi connectivity index (χ1) is 13.2. The van der Waals surface area contributed by atoms with E-state index in [-0.39, 0.29) is 19.0 Å². The number of hydrogen-bond acceptors (Lipinski definition) is 5. The van der Waals surface area contributed by atoms with Crippen molar-refractivity contribution in [2.24, 2.45) is 0 Å². The number of pyridine rings is 1. The SMILES string of the molecule is O=C(Cc1cccc2cccnc12)OCc1csc(-c2ccccc2Cl)n1. The normalized spacial score (nSPS) is 10.9. The molecule has 4 aromatic rings. The first-order valence-electron chi connectivity index (χ1n) is 8.38. The van der Waals surface area contributed by atoms with Crippen LogP contribution in [-0.4, -0.2) is 15.9 Å². The van der Waals surface area contributed by atoms with Crippen LogP contribution in [0.3, 0.4) is 0 Å². The van der Waals surface area contributed by atoms with Gasteiger partial charge in [-0.25, -0.2) is 4.98 Å². The van der Waals surface area contributed by atoms with Crippen LogP contribution in [0.25, 0.3) is 21.5 Å². The van der Waals surface area contributed by atoms with E-state index in [0.717, 1.165) is 27.0 Å². The molecule has 0 radical (unpaired) electrons. The third-order valence-corrected chi connectivity index (χ3v) is 5.34. The van der Waals surface area contributed by atoms with Crippen LogP contribution in [0.1, 0.15) is 11.3 Å².